The molecule has 174 valence electrons. The Balaban J connectivity index is 1.65. The number of hydrogen-bond donors (Lipinski definition) is 0. The highest BCUT2D eigenvalue weighted by Gasteiger charge is 2.49. The average Bonchev–Trinajstić information content (AvgIpc) is 2.82. The first-order valence-corrected chi connectivity index (χ1v) is 14.2. The van der Waals surface area contributed by atoms with E-state index in [4.69, 9.17) is 9.96 Å². The molecule has 0 aliphatic heterocycles. The van der Waals surface area contributed by atoms with Gasteiger partial charge in [0, 0.05) is 23.9 Å². The van der Waals surface area contributed by atoms with Gasteiger partial charge in [0.25, 0.3) is 8.32 Å². The monoisotopic (exact) mass is 459 g/mol. The van der Waals surface area contributed by atoms with Gasteiger partial charge in [0.05, 0.1) is 6.04 Å². The van der Waals surface area contributed by atoms with Gasteiger partial charge in [-0.2, -0.15) is 0 Å². The van der Waals surface area contributed by atoms with Crippen LogP contribution in [0.1, 0.15) is 65.7 Å². The van der Waals surface area contributed by atoms with Crippen LogP contribution in [-0.2, 0) is 4.43 Å². The van der Waals surface area contributed by atoms with Gasteiger partial charge in [0.2, 0.25) is 0 Å². The van der Waals surface area contributed by atoms with Gasteiger partial charge in [-0.3, -0.25) is 0 Å². The summed E-state index contributed by atoms with van der Waals surface area (Å²) in [6.45, 7) is 7.68. The number of nitrogens with zero attached hydrogens (tertiary/aromatic N) is 3. The summed E-state index contributed by atoms with van der Waals surface area (Å²) in [4.78, 5) is 3.02. The van der Waals surface area contributed by atoms with Crippen LogP contribution >= 0.6 is 0 Å². The number of azide groups is 1. The Labute approximate surface area is 200 Å². The average molecular weight is 460 g/mol. The Morgan fingerprint density at radius 2 is 1.58 bits per heavy atom. The topological polar surface area (TPSA) is 58.0 Å². The van der Waals surface area contributed by atoms with Crippen LogP contribution in [0.25, 0.3) is 10.4 Å². The third-order valence-corrected chi connectivity index (χ3v) is 11.7. The lowest BCUT2D eigenvalue weighted by atomic mass is 9.85. The Bertz CT molecular complexity index is 929. The lowest BCUT2D eigenvalue weighted by molar-refractivity contribution is 0.289. The molecule has 0 aromatic heterocycles. The van der Waals surface area contributed by atoms with E-state index in [1.807, 2.05) is 0 Å². The summed E-state index contributed by atoms with van der Waals surface area (Å²) in [5.74, 6) is 6.97. The van der Waals surface area contributed by atoms with Crippen LogP contribution < -0.4 is 10.4 Å². The first kappa shape index (κ1) is 25.1. The fourth-order valence-corrected chi connectivity index (χ4v) is 9.60. The molecule has 2 aromatic rings. The maximum Gasteiger partial charge on any atom is 0.261 e. The van der Waals surface area contributed by atoms with Crippen molar-refractivity contribution < 1.29 is 4.43 Å². The zero-order chi connectivity index (χ0) is 23.6. The second-order valence-corrected chi connectivity index (χ2v) is 14.3. The minimum atomic E-state index is -2.45. The summed E-state index contributed by atoms with van der Waals surface area (Å²) in [5.41, 5.74) is 8.79. The number of benzene rings is 2. The van der Waals surface area contributed by atoms with Crippen LogP contribution in [0.15, 0.2) is 65.8 Å². The molecule has 4 nitrogen and oxygen atoms in total. The molecule has 0 radical (unpaired) electrons. The van der Waals surface area contributed by atoms with Gasteiger partial charge in [-0.25, -0.2) is 0 Å². The summed E-state index contributed by atoms with van der Waals surface area (Å²) in [5, 5.41) is 6.62. The second kappa shape index (κ2) is 12.1. The molecule has 0 bridgehead atoms. The van der Waals surface area contributed by atoms with E-state index in [1.54, 1.807) is 0 Å². The van der Waals surface area contributed by atoms with Crippen LogP contribution in [0.5, 0.6) is 0 Å². The van der Waals surface area contributed by atoms with E-state index < -0.39 is 8.32 Å². The molecule has 33 heavy (non-hydrogen) atoms. The highest BCUT2D eigenvalue weighted by molar-refractivity contribution is 6.99. The number of unbranched alkanes of at least 4 members (excludes halogenated alkanes) is 2. The van der Waals surface area contributed by atoms with Crippen LogP contribution in [0.3, 0.4) is 0 Å². The molecule has 1 aliphatic rings. The summed E-state index contributed by atoms with van der Waals surface area (Å²) in [7, 11) is -2.45. The van der Waals surface area contributed by atoms with Gasteiger partial charge >= 0.3 is 0 Å². The predicted octanol–water partition coefficient (Wildman–Crippen LogP) is 6.61. The lowest BCUT2D eigenvalue weighted by Crippen LogP contribution is -2.66. The van der Waals surface area contributed by atoms with Gasteiger partial charge in [0.1, 0.15) is 0 Å². The van der Waals surface area contributed by atoms with E-state index in [0.29, 0.717) is 0 Å². The van der Waals surface area contributed by atoms with Crippen LogP contribution in [-0.4, -0.2) is 21.0 Å². The highest BCUT2D eigenvalue weighted by Crippen LogP contribution is 2.36. The minimum absolute atomic E-state index is 0.00671. The van der Waals surface area contributed by atoms with Crippen molar-refractivity contribution in [1.82, 2.24) is 0 Å². The van der Waals surface area contributed by atoms with Crippen molar-refractivity contribution in [3.8, 4) is 11.8 Å². The molecule has 1 fully saturated rings. The molecule has 0 N–H and O–H groups in total. The lowest BCUT2D eigenvalue weighted by Gasteiger charge is -2.43. The molecule has 0 spiro atoms. The largest absolute Gasteiger partial charge is 0.407 e. The van der Waals surface area contributed by atoms with Crippen molar-refractivity contribution in [2.75, 3.05) is 6.61 Å². The van der Waals surface area contributed by atoms with E-state index in [-0.39, 0.29) is 17.0 Å². The maximum absolute atomic E-state index is 8.79. The van der Waals surface area contributed by atoms with Gasteiger partial charge in [0.15, 0.2) is 0 Å². The smallest absolute Gasteiger partial charge is 0.261 e. The summed E-state index contributed by atoms with van der Waals surface area (Å²) < 4.78 is 6.95. The van der Waals surface area contributed by atoms with Crippen molar-refractivity contribution in [3.05, 3.63) is 71.1 Å². The van der Waals surface area contributed by atoms with Gasteiger partial charge < -0.3 is 4.43 Å². The third-order valence-electron chi connectivity index (χ3n) is 6.65. The second-order valence-electron chi connectivity index (χ2n) is 9.95. The fraction of sp³-hybridized carbons (Fsp3) is 0.500. The fourth-order valence-electron chi connectivity index (χ4n) is 4.99. The highest BCUT2D eigenvalue weighted by atomic mass is 28.4. The Morgan fingerprint density at radius 3 is 2.15 bits per heavy atom. The van der Waals surface area contributed by atoms with Gasteiger partial charge in [-0.05, 0) is 46.6 Å². The first-order valence-electron chi connectivity index (χ1n) is 12.3. The molecule has 3 rings (SSSR count). The molecule has 0 unspecified atom stereocenters. The molecule has 2 atom stereocenters. The molecule has 1 aliphatic carbocycles. The van der Waals surface area contributed by atoms with E-state index in [0.717, 1.165) is 45.1 Å². The van der Waals surface area contributed by atoms with E-state index >= 15 is 0 Å². The summed E-state index contributed by atoms with van der Waals surface area (Å²) >= 11 is 0. The van der Waals surface area contributed by atoms with Crippen molar-refractivity contribution in [2.24, 2.45) is 11.0 Å². The zero-order valence-electron chi connectivity index (χ0n) is 20.3. The van der Waals surface area contributed by atoms with Gasteiger partial charge in [-0.1, -0.05) is 105 Å². The SMILES string of the molecule is CC(C)(C)[Si](OCCCCC#C[C@@H]1CCCC[C@@H]1N=[N+]=[N-])(c1ccccc1)c1ccccc1. The van der Waals surface area contributed by atoms with Crippen molar-refractivity contribution in [3.63, 3.8) is 0 Å². The number of hydrogen-bond acceptors (Lipinski definition) is 2. The molecule has 0 amide bonds. The molecule has 5 heteroatoms. The van der Waals surface area contributed by atoms with E-state index in [2.05, 4.69) is 103 Å². The van der Waals surface area contributed by atoms with Crippen molar-refractivity contribution >= 4 is 18.7 Å². The zero-order valence-corrected chi connectivity index (χ0v) is 21.3. The Hall–Kier alpha value is -2.51. The summed E-state index contributed by atoms with van der Waals surface area (Å²) in [6.07, 6.45) is 7.21. The molecule has 0 saturated heterocycles. The van der Waals surface area contributed by atoms with E-state index in [1.165, 1.54) is 16.8 Å². The first-order chi connectivity index (χ1) is 16.0. The van der Waals surface area contributed by atoms with Crippen LogP contribution in [0.4, 0.5) is 0 Å². The number of rotatable bonds is 8. The quantitative estimate of drug-likeness (QED) is 0.109. The summed E-state index contributed by atoms with van der Waals surface area (Å²) in [6, 6.07) is 21.6. The molecular weight excluding hydrogens is 422 g/mol. The predicted molar refractivity (Wildman–Crippen MR) is 140 cm³/mol. The minimum Gasteiger partial charge on any atom is -0.407 e. The molecule has 2 aromatic carbocycles. The molecule has 0 heterocycles. The van der Waals surface area contributed by atoms with Crippen LogP contribution in [0, 0.1) is 17.8 Å². The molecular formula is C28H37N3OSi. The van der Waals surface area contributed by atoms with Crippen LogP contribution in [0.2, 0.25) is 5.04 Å². The maximum atomic E-state index is 8.79. The van der Waals surface area contributed by atoms with E-state index in [9.17, 15) is 0 Å². The third kappa shape index (κ3) is 6.30. The van der Waals surface area contributed by atoms with Crippen molar-refractivity contribution in [1.29, 1.82) is 0 Å². The standard InChI is InChI=1S/C28H37N3OSi/c1-28(2,3)33(25-18-9-6-10-19-25,26-20-11-7-12-21-26)32-23-15-5-4-8-16-24-17-13-14-22-27(24)30-31-29/h6-7,9-12,18-21,24,27H,4-5,13-15,17,22-23H2,1-3H3/t24-,27+/m1/s1. The van der Waals surface area contributed by atoms with Gasteiger partial charge in [-0.15, -0.1) is 5.92 Å². The van der Waals surface area contributed by atoms with Crippen molar-refractivity contribution in [2.45, 2.75) is 76.8 Å². The molecule has 1 saturated carbocycles. The normalized spacial score (nSPS) is 18.6. The Kier molecular flexibility index (Phi) is 9.20. The Morgan fingerprint density at radius 1 is 0.970 bits per heavy atom.